The van der Waals surface area contributed by atoms with Crippen molar-refractivity contribution in [1.82, 2.24) is 14.7 Å². The first-order valence-corrected chi connectivity index (χ1v) is 5.74. The van der Waals surface area contributed by atoms with Crippen LogP contribution in [0.3, 0.4) is 0 Å². The third kappa shape index (κ3) is 4.07. The van der Waals surface area contributed by atoms with Crippen LogP contribution in [0.4, 0.5) is 0 Å². The van der Waals surface area contributed by atoms with Gasteiger partial charge in [0.1, 0.15) is 5.84 Å². The molecule has 1 heterocycles. The van der Waals surface area contributed by atoms with E-state index in [0.717, 1.165) is 13.1 Å². The number of aryl methyl sites for hydroxylation is 1. The molecule has 0 aliphatic heterocycles. The van der Waals surface area contributed by atoms with E-state index >= 15 is 0 Å². The Bertz CT molecular complexity index is 374. The maximum atomic E-state index is 8.52. The van der Waals surface area contributed by atoms with Crippen molar-refractivity contribution < 1.29 is 5.21 Å². The lowest BCUT2D eigenvalue weighted by molar-refractivity contribution is 0.251. The normalized spacial score (nSPS) is 14.2. The molecule has 1 aromatic heterocycles. The van der Waals surface area contributed by atoms with E-state index in [1.807, 2.05) is 31.0 Å². The molecule has 0 aliphatic rings. The van der Waals surface area contributed by atoms with Gasteiger partial charge in [-0.1, -0.05) is 5.16 Å². The minimum atomic E-state index is 0.218. The maximum Gasteiger partial charge on any atom is 0.140 e. The van der Waals surface area contributed by atoms with Crippen LogP contribution in [0.2, 0.25) is 0 Å². The summed E-state index contributed by atoms with van der Waals surface area (Å²) < 4.78 is 1.90. The van der Waals surface area contributed by atoms with E-state index in [9.17, 15) is 0 Å². The number of aromatic nitrogens is 2. The number of rotatable bonds is 6. The SMILES string of the molecule is CCn1cc(CN(C)C(C)CC(N)=NO)cn1. The molecule has 0 fully saturated rings. The van der Waals surface area contributed by atoms with E-state index in [1.165, 1.54) is 5.56 Å². The van der Waals surface area contributed by atoms with Gasteiger partial charge < -0.3 is 10.9 Å². The summed E-state index contributed by atoms with van der Waals surface area (Å²) in [6.45, 7) is 5.78. The van der Waals surface area contributed by atoms with Gasteiger partial charge in [0.2, 0.25) is 0 Å². The third-order valence-corrected chi connectivity index (χ3v) is 2.83. The lowest BCUT2D eigenvalue weighted by Crippen LogP contribution is -2.32. The van der Waals surface area contributed by atoms with E-state index in [0.29, 0.717) is 6.42 Å². The van der Waals surface area contributed by atoms with E-state index in [2.05, 4.69) is 22.1 Å². The van der Waals surface area contributed by atoms with Gasteiger partial charge in [-0.3, -0.25) is 9.58 Å². The van der Waals surface area contributed by atoms with Crippen molar-refractivity contribution in [2.24, 2.45) is 10.9 Å². The largest absolute Gasteiger partial charge is 0.409 e. The Hall–Kier alpha value is -1.56. The monoisotopic (exact) mass is 239 g/mol. The fourth-order valence-corrected chi connectivity index (χ4v) is 1.60. The van der Waals surface area contributed by atoms with Gasteiger partial charge in [0, 0.05) is 37.3 Å². The maximum absolute atomic E-state index is 8.52. The average Bonchev–Trinajstić information content (AvgIpc) is 2.76. The van der Waals surface area contributed by atoms with Crippen molar-refractivity contribution in [2.75, 3.05) is 7.05 Å². The Morgan fingerprint density at radius 2 is 2.41 bits per heavy atom. The molecule has 96 valence electrons. The Morgan fingerprint density at radius 3 is 2.94 bits per heavy atom. The van der Waals surface area contributed by atoms with Gasteiger partial charge in [-0.25, -0.2) is 0 Å². The van der Waals surface area contributed by atoms with Gasteiger partial charge in [0.05, 0.1) is 6.20 Å². The number of oxime groups is 1. The molecule has 0 saturated carbocycles. The molecule has 0 amide bonds. The standard InChI is InChI=1S/C11H21N5O/c1-4-16-8-10(6-13-16)7-15(3)9(2)5-11(12)14-17/h6,8-9,17H,4-5,7H2,1-3H3,(H2,12,14). The molecule has 0 saturated heterocycles. The smallest absolute Gasteiger partial charge is 0.140 e. The zero-order valence-corrected chi connectivity index (χ0v) is 10.7. The van der Waals surface area contributed by atoms with Gasteiger partial charge in [-0.05, 0) is 20.9 Å². The minimum absolute atomic E-state index is 0.218. The molecular formula is C11H21N5O. The Labute approximate surface area is 102 Å². The molecule has 17 heavy (non-hydrogen) atoms. The molecule has 6 nitrogen and oxygen atoms in total. The highest BCUT2D eigenvalue weighted by atomic mass is 16.4. The second-order valence-corrected chi connectivity index (χ2v) is 4.26. The molecule has 0 aromatic carbocycles. The van der Waals surface area contributed by atoms with Crippen LogP contribution in [-0.4, -0.2) is 38.8 Å². The molecule has 1 rings (SSSR count). The summed E-state index contributed by atoms with van der Waals surface area (Å²) in [6.07, 6.45) is 4.46. The summed E-state index contributed by atoms with van der Waals surface area (Å²) in [6, 6.07) is 0.218. The molecule has 0 bridgehead atoms. The quantitative estimate of drug-likeness (QED) is 0.334. The van der Waals surface area contributed by atoms with Crippen LogP contribution in [0.25, 0.3) is 0 Å². The number of nitrogens with zero attached hydrogens (tertiary/aromatic N) is 4. The van der Waals surface area contributed by atoms with Crippen LogP contribution in [0, 0.1) is 0 Å². The van der Waals surface area contributed by atoms with Gasteiger partial charge in [0.25, 0.3) is 0 Å². The van der Waals surface area contributed by atoms with Gasteiger partial charge in [-0.15, -0.1) is 0 Å². The van der Waals surface area contributed by atoms with E-state index in [4.69, 9.17) is 10.9 Å². The lowest BCUT2D eigenvalue weighted by Gasteiger charge is -2.23. The van der Waals surface area contributed by atoms with Crippen LogP contribution in [0.15, 0.2) is 17.5 Å². The molecule has 0 spiro atoms. The van der Waals surface area contributed by atoms with Crippen LogP contribution >= 0.6 is 0 Å². The fourth-order valence-electron chi connectivity index (χ4n) is 1.60. The summed E-state index contributed by atoms with van der Waals surface area (Å²) in [5.41, 5.74) is 6.65. The van der Waals surface area contributed by atoms with Gasteiger partial charge >= 0.3 is 0 Å². The minimum Gasteiger partial charge on any atom is -0.409 e. The van der Waals surface area contributed by atoms with Crippen molar-refractivity contribution in [3.05, 3.63) is 18.0 Å². The van der Waals surface area contributed by atoms with Crippen LogP contribution in [0.1, 0.15) is 25.8 Å². The first-order chi connectivity index (χ1) is 8.06. The molecule has 0 radical (unpaired) electrons. The number of amidine groups is 1. The van der Waals surface area contributed by atoms with Crippen molar-refractivity contribution in [2.45, 2.75) is 39.4 Å². The summed E-state index contributed by atoms with van der Waals surface area (Å²) in [7, 11) is 2.01. The summed E-state index contributed by atoms with van der Waals surface area (Å²) in [5.74, 6) is 0.258. The highest BCUT2D eigenvalue weighted by molar-refractivity contribution is 5.80. The molecular weight excluding hydrogens is 218 g/mol. The first-order valence-electron chi connectivity index (χ1n) is 5.74. The second-order valence-electron chi connectivity index (χ2n) is 4.26. The summed E-state index contributed by atoms with van der Waals surface area (Å²) in [5, 5.41) is 15.7. The fraction of sp³-hybridized carbons (Fsp3) is 0.636. The Morgan fingerprint density at radius 1 is 1.71 bits per heavy atom. The molecule has 1 atom stereocenters. The predicted molar refractivity (Wildman–Crippen MR) is 66.9 cm³/mol. The lowest BCUT2D eigenvalue weighted by atomic mass is 10.2. The van der Waals surface area contributed by atoms with Crippen molar-refractivity contribution in [3.8, 4) is 0 Å². The van der Waals surface area contributed by atoms with E-state index in [-0.39, 0.29) is 11.9 Å². The van der Waals surface area contributed by atoms with E-state index in [1.54, 1.807) is 0 Å². The molecule has 3 N–H and O–H groups in total. The van der Waals surface area contributed by atoms with Crippen LogP contribution < -0.4 is 5.73 Å². The second kappa shape index (κ2) is 6.24. The number of nitrogens with two attached hydrogens (primary N) is 1. The van der Waals surface area contributed by atoms with Crippen molar-refractivity contribution >= 4 is 5.84 Å². The van der Waals surface area contributed by atoms with Gasteiger partial charge in [0.15, 0.2) is 0 Å². The Balaban J connectivity index is 2.50. The van der Waals surface area contributed by atoms with Crippen LogP contribution in [0.5, 0.6) is 0 Å². The Kier molecular flexibility index (Phi) is 4.96. The molecule has 1 unspecified atom stereocenters. The van der Waals surface area contributed by atoms with Crippen molar-refractivity contribution in [3.63, 3.8) is 0 Å². The van der Waals surface area contributed by atoms with Gasteiger partial charge in [-0.2, -0.15) is 5.10 Å². The molecule has 0 aliphatic carbocycles. The van der Waals surface area contributed by atoms with E-state index < -0.39 is 0 Å². The first kappa shape index (κ1) is 13.5. The third-order valence-electron chi connectivity index (χ3n) is 2.83. The highest BCUT2D eigenvalue weighted by Crippen LogP contribution is 2.08. The van der Waals surface area contributed by atoms with Crippen LogP contribution in [-0.2, 0) is 13.1 Å². The zero-order chi connectivity index (χ0) is 12.8. The van der Waals surface area contributed by atoms with Crippen molar-refractivity contribution in [1.29, 1.82) is 0 Å². The zero-order valence-electron chi connectivity index (χ0n) is 10.7. The summed E-state index contributed by atoms with van der Waals surface area (Å²) in [4.78, 5) is 2.15. The average molecular weight is 239 g/mol. The molecule has 6 heteroatoms. The summed E-state index contributed by atoms with van der Waals surface area (Å²) >= 11 is 0. The molecule has 1 aromatic rings. The topological polar surface area (TPSA) is 79.7 Å². The predicted octanol–water partition coefficient (Wildman–Crippen LogP) is 0.860. The number of hydrogen-bond acceptors (Lipinski definition) is 4. The highest BCUT2D eigenvalue weighted by Gasteiger charge is 2.12. The number of hydrogen-bond donors (Lipinski definition) is 2.